The van der Waals surface area contributed by atoms with Gasteiger partial charge < -0.3 is 9.47 Å². The van der Waals surface area contributed by atoms with Gasteiger partial charge in [-0.3, -0.25) is 0 Å². The van der Waals surface area contributed by atoms with Crippen LogP contribution < -0.4 is 0 Å². The van der Waals surface area contributed by atoms with Gasteiger partial charge in [0.05, 0.1) is 18.8 Å². The first-order chi connectivity index (χ1) is 12.2. The van der Waals surface area contributed by atoms with Gasteiger partial charge in [0.25, 0.3) is 0 Å². The Labute approximate surface area is 149 Å². The topological polar surface area (TPSA) is 42.2 Å². The Bertz CT molecular complexity index is 636. The Morgan fingerprint density at radius 3 is 2.52 bits per heavy atom. The van der Waals surface area contributed by atoms with Gasteiger partial charge in [-0.25, -0.2) is 4.39 Å². The van der Waals surface area contributed by atoms with Crippen molar-refractivity contribution in [2.24, 2.45) is 11.8 Å². The molecule has 0 aromatic heterocycles. The lowest BCUT2D eigenvalue weighted by Crippen LogP contribution is -2.37. The zero-order valence-corrected chi connectivity index (χ0v) is 14.8. The normalized spacial score (nSPS) is 30.3. The average Bonchev–Trinajstić information content (AvgIpc) is 2.67. The summed E-state index contributed by atoms with van der Waals surface area (Å²) in [7, 11) is 0. The van der Waals surface area contributed by atoms with Crippen molar-refractivity contribution in [1.82, 2.24) is 0 Å². The molecule has 1 saturated heterocycles. The minimum Gasteiger partial charge on any atom is -0.352 e. The van der Waals surface area contributed by atoms with Gasteiger partial charge in [-0.2, -0.15) is 5.26 Å². The lowest BCUT2D eigenvalue weighted by Gasteiger charge is -2.37. The van der Waals surface area contributed by atoms with E-state index in [1.165, 1.54) is 6.07 Å². The molecule has 0 bridgehead atoms. The minimum absolute atomic E-state index is 0.0927. The molecule has 0 amide bonds. The van der Waals surface area contributed by atoms with Gasteiger partial charge in [-0.1, -0.05) is 25.1 Å². The van der Waals surface area contributed by atoms with E-state index < -0.39 is 5.82 Å². The molecule has 0 radical (unpaired) electrons. The number of nitrogens with zero attached hydrogens (tertiary/aromatic N) is 1. The van der Waals surface area contributed by atoms with Gasteiger partial charge in [-0.15, -0.1) is 0 Å². The van der Waals surface area contributed by atoms with Gasteiger partial charge in [-0.05, 0) is 55.7 Å². The molecule has 2 fully saturated rings. The van der Waals surface area contributed by atoms with Crippen molar-refractivity contribution in [2.75, 3.05) is 13.2 Å². The van der Waals surface area contributed by atoms with E-state index >= 15 is 0 Å². The van der Waals surface area contributed by atoms with E-state index in [0.717, 1.165) is 50.9 Å². The van der Waals surface area contributed by atoms with E-state index in [1.807, 2.05) is 12.1 Å². The SMILES string of the molecule is CC/C=C/C1COC(C2CCC(c3ccc(C#N)c(F)c3)CC2)OC1. The molecule has 1 aliphatic carbocycles. The molecule has 25 heavy (non-hydrogen) atoms. The number of ether oxygens (including phenoxy) is 2. The molecule has 134 valence electrons. The lowest BCUT2D eigenvalue weighted by molar-refractivity contribution is -0.222. The fourth-order valence-corrected chi connectivity index (χ4v) is 3.85. The number of rotatable bonds is 4. The molecule has 4 heteroatoms. The zero-order chi connectivity index (χ0) is 17.6. The highest BCUT2D eigenvalue weighted by Gasteiger charge is 2.32. The summed E-state index contributed by atoms with van der Waals surface area (Å²) in [5.74, 6) is 0.749. The Kier molecular flexibility index (Phi) is 6.23. The Hall–Kier alpha value is -1.70. The molecule has 1 aromatic carbocycles. The van der Waals surface area contributed by atoms with Crippen LogP contribution in [0.2, 0.25) is 0 Å². The zero-order valence-electron chi connectivity index (χ0n) is 14.8. The van der Waals surface area contributed by atoms with Gasteiger partial charge in [0.2, 0.25) is 0 Å². The second-order valence-electron chi connectivity index (χ2n) is 7.09. The molecule has 0 N–H and O–H groups in total. The van der Waals surface area contributed by atoms with E-state index in [9.17, 15) is 4.39 Å². The fraction of sp³-hybridized carbons (Fsp3) is 0.571. The van der Waals surface area contributed by atoms with Crippen LogP contribution in [0.25, 0.3) is 0 Å². The number of benzene rings is 1. The summed E-state index contributed by atoms with van der Waals surface area (Å²) in [6, 6.07) is 6.89. The predicted octanol–water partition coefficient (Wildman–Crippen LogP) is 4.93. The Morgan fingerprint density at radius 1 is 1.20 bits per heavy atom. The smallest absolute Gasteiger partial charge is 0.160 e. The third-order valence-electron chi connectivity index (χ3n) is 5.33. The monoisotopic (exact) mass is 343 g/mol. The molecule has 2 aliphatic rings. The van der Waals surface area contributed by atoms with Crippen LogP contribution in [0.4, 0.5) is 4.39 Å². The predicted molar refractivity (Wildman–Crippen MR) is 94.4 cm³/mol. The van der Waals surface area contributed by atoms with Crippen molar-refractivity contribution in [3.63, 3.8) is 0 Å². The maximum Gasteiger partial charge on any atom is 0.160 e. The lowest BCUT2D eigenvalue weighted by atomic mass is 9.78. The number of allylic oxidation sites excluding steroid dienone is 1. The van der Waals surface area contributed by atoms with Crippen LogP contribution in [-0.2, 0) is 9.47 Å². The Morgan fingerprint density at radius 2 is 1.92 bits per heavy atom. The van der Waals surface area contributed by atoms with Crippen molar-refractivity contribution >= 4 is 0 Å². The summed E-state index contributed by atoms with van der Waals surface area (Å²) in [4.78, 5) is 0. The third-order valence-corrected chi connectivity index (χ3v) is 5.33. The van der Waals surface area contributed by atoms with Crippen molar-refractivity contribution in [3.05, 3.63) is 47.3 Å². The molecular weight excluding hydrogens is 317 g/mol. The summed E-state index contributed by atoms with van der Waals surface area (Å²) >= 11 is 0. The maximum atomic E-state index is 13.8. The van der Waals surface area contributed by atoms with E-state index in [2.05, 4.69) is 19.1 Å². The van der Waals surface area contributed by atoms with Crippen LogP contribution in [0.15, 0.2) is 30.4 Å². The molecule has 1 aliphatic heterocycles. The first-order valence-electron chi connectivity index (χ1n) is 9.30. The molecule has 1 saturated carbocycles. The number of hydrogen-bond acceptors (Lipinski definition) is 3. The first kappa shape index (κ1) is 18.1. The van der Waals surface area contributed by atoms with Crippen LogP contribution in [0.3, 0.4) is 0 Å². The molecule has 1 aromatic rings. The van der Waals surface area contributed by atoms with Gasteiger partial charge in [0.1, 0.15) is 11.9 Å². The standard InChI is InChI=1S/C21H26FNO2/c1-2-3-4-15-13-24-21(25-14-15)17-7-5-16(6-8-17)18-9-10-19(12-23)20(22)11-18/h3-4,9-11,15-17,21H,2,5-8,13-14H2,1H3/b4-3+. The van der Waals surface area contributed by atoms with Crippen LogP contribution >= 0.6 is 0 Å². The first-order valence-corrected chi connectivity index (χ1v) is 9.30. The molecule has 0 spiro atoms. The van der Waals surface area contributed by atoms with Crippen LogP contribution in [0.1, 0.15) is 56.1 Å². The summed E-state index contributed by atoms with van der Waals surface area (Å²) in [6.07, 6.45) is 9.40. The number of halogens is 1. The second kappa shape index (κ2) is 8.60. The number of nitriles is 1. The largest absolute Gasteiger partial charge is 0.352 e. The van der Waals surface area contributed by atoms with E-state index in [-0.39, 0.29) is 11.9 Å². The van der Waals surface area contributed by atoms with Gasteiger partial charge in [0.15, 0.2) is 6.29 Å². The van der Waals surface area contributed by atoms with Crippen LogP contribution in [0, 0.1) is 29.0 Å². The highest BCUT2D eigenvalue weighted by atomic mass is 19.1. The van der Waals surface area contributed by atoms with E-state index in [1.54, 1.807) is 6.07 Å². The van der Waals surface area contributed by atoms with E-state index in [0.29, 0.717) is 17.8 Å². The van der Waals surface area contributed by atoms with Crippen LogP contribution in [0.5, 0.6) is 0 Å². The Balaban J connectivity index is 1.50. The fourth-order valence-electron chi connectivity index (χ4n) is 3.85. The van der Waals surface area contributed by atoms with Crippen molar-refractivity contribution < 1.29 is 13.9 Å². The molecule has 3 rings (SSSR count). The molecule has 0 unspecified atom stereocenters. The molecule has 1 heterocycles. The molecule has 0 atom stereocenters. The van der Waals surface area contributed by atoms with Crippen molar-refractivity contribution in [1.29, 1.82) is 5.26 Å². The van der Waals surface area contributed by atoms with Crippen molar-refractivity contribution in [2.45, 2.75) is 51.2 Å². The quantitative estimate of drug-likeness (QED) is 0.728. The minimum atomic E-state index is -0.410. The number of hydrogen-bond donors (Lipinski definition) is 0. The van der Waals surface area contributed by atoms with Gasteiger partial charge >= 0.3 is 0 Å². The van der Waals surface area contributed by atoms with Crippen molar-refractivity contribution in [3.8, 4) is 6.07 Å². The highest BCUT2D eigenvalue weighted by molar-refractivity contribution is 5.34. The van der Waals surface area contributed by atoms with Gasteiger partial charge in [0, 0.05) is 11.8 Å². The second-order valence-corrected chi connectivity index (χ2v) is 7.09. The summed E-state index contributed by atoms with van der Waals surface area (Å²) < 4.78 is 25.7. The summed E-state index contributed by atoms with van der Waals surface area (Å²) in [5.41, 5.74) is 1.12. The molecular formula is C21H26FNO2. The third kappa shape index (κ3) is 4.48. The average molecular weight is 343 g/mol. The maximum absolute atomic E-state index is 13.8. The summed E-state index contributed by atoms with van der Waals surface area (Å²) in [5, 5.41) is 8.84. The van der Waals surface area contributed by atoms with Crippen LogP contribution in [-0.4, -0.2) is 19.5 Å². The van der Waals surface area contributed by atoms with E-state index in [4.69, 9.17) is 14.7 Å². The highest BCUT2D eigenvalue weighted by Crippen LogP contribution is 2.39. The summed E-state index contributed by atoms with van der Waals surface area (Å²) in [6.45, 7) is 3.60. The molecule has 3 nitrogen and oxygen atoms in total.